The fourth-order valence-corrected chi connectivity index (χ4v) is 5.13. The molecule has 194 valence electrons. The van der Waals surface area contributed by atoms with E-state index in [1.807, 2.05) is 26.0 Å². The lowest BCUT2D eigenvalue weighted by Gasteiger charge is -2.34. The second kappa shape index (κ2) is 10.4. The van der Waals surface area contributed by atoms with E-state index in [9.17, 15) is 19.8 Å². The normalized spacial score (nSPS) is 37.9. The fourth-order valence-electron chi connectivity index (χ4n) is 5.13. The molecule has 2 aliphatic rings. The van der Waals surface area contributed by atoms with Crippen molar-refractivity contribution in [1.29, 1.82) is 0 Å². The number of carbonyl (C=O) groups is 2. The van der Waals surface area contributed by atoms with Gasteiger partial charge in [-0.15, -0.1) is 0 Å². The van der Waals surface area contributed by atoms with Gasteiger partial charge in [0.2, 0.25) is 0 Å². The lowest BCUT2D eigenvalue weighted by atomic mass is 9.73. The number of cyclic esters (lactones) is 1. The van der Waals surface area contributed by atoms with Crippen LogP contribution in [0.2, 0.25) is 0 Å². The number of esters is 1. The highest BCUT2D eigenvalue weighted by atomic mass is 16.5. The zero-order valence-electron chi connectivity index (χ0n) is 22.1. The number of nitrogens with zero attached hydrogens (tertiary/aromatic N) is 1. The minimum absolute atomic E-state index is 0.0938. The second-order valence-electron chi connectivity index (χ2n) is 11.5. The summed E-state index contributed by atoms with van der Waals surface area (Å²) in [6, 6.07) is 0. The first-order valence-electron chi connectivity index (χ1n) is 12.6. The van der Waals surface area contributed by atoms with E-state index in [0.717, 1.165) is 18.4 Å². The van der Waals surface area contributed by atoms with Gasteiger partial charge in [-0.2, -0.15) is 0 Å². The molecular weight excluding hydrogens is 446 g/mol. The number of carbonyl (C=O) groups excluding carboxylic acids is 2. The van der Waals surface area contributed by atoms with Crippen molar-refractivity contribution in [1.82, 2.24) is 4.98 Å². The molecule has 0 radical (unpaired) electrons. The lowest BCUT2D eigenvalue weighted by Crippen LogP contribution is -2.45. The summed E-state index contributed by atoms with van der Waals surface area (Å²) < 4.78 is 11.2. The summed E-state index contributed by atoms with van der Waals surface area (Å²) in [5.41, 5.74) is 0.398. The van der Waals surface area contributed by atoms with Crippen LogP contribution in [-0.2, 0) is 14.3 Å². The molecule has 0 amide bonds. The van der Waals surface area contributed by atoms with Crippen molar-refractivity contribution < 1.29 is 29.0 Å². The molecule has 1 aliphatic heterocycles. The first-order valence-corrected chi connectivity index (χ1v) is 12.6. The highest BCUT2D eigenvalue weighted by molar-refractivity contribution is 5.88. The maximum Gasteiger partial charge on any atom is 0.309 e. The number of hydrogen-bond acceptors (Lipinski definition) is 7. The van der Waals surface area contributed by atoms with Crippen LogP contribution in [0.15, 0.2) is 28.4 Å². The molecule has 0 spiro atoms. The SMILES string of the molecule is C/C(=C\c1coc(C)n1)[C@@H]1CC2CC2(C)C/C=C/[C@H](C)[C@H](O)[C@@H](C)C(=O)C(C)(C)[C@@H](O)CC(=O)O1. The molecule has 7 atom stereocenters. The van der Waals surface area contributed by atoms with Gasteiger partial charge in [0, 0.05) is 18.8 Å². The van der Waals surface area contributed by atoms with Gasteiger partial charge in [-0.1, -0.05) is 46.8 Å². The third kappa shape index (κ3) is 6.31. The average Bonchev–Trinajstić information content (AvgIpc) is 3.22. The van der Waals surface area contributed by atoms with Crippen molar-refractivity contribution in [2.24, 2.45) is 28.6 Å². The minimum atomic E-state index is -1.23. The molecule has 35 heavy (non-hydrogen) atoms. The number of ether oxygens (including phenoxy) is 1. The van der Waals surface area contributed by atoms with Crippen molar-refractivity contribution in [2.45, 2.75) is 92.5 Å². The van der Waals surface area contributed by atoms with Gasteiger partial charge in [0.15, 0.2) is 5.89 Å². The van der Waals surface area contributed by atoms with E-state index in [-0.39, 0.29) is 23.5 Å². The number of hydrogen-bond donors (Lipinski definition) is 2. The van der Waals surface area contributed by atoms with E-state index in [4.69, 9.17) is 9.15 Å². The molecule has 1 aromatic rings. The van der Waals surface area contributed by atoms with Crippen molar-refractivity contribution in [3.05, 3.63) is 35.6 Å². The van der Waals surface area contributed by atoms with E-state index in [0.29, 0.717) is 23.9 Å². The summed E-state index contributed by atoms with van der Waals surface area (Å²) in [6.07, 6.45) is 7.19. The predicted octanol–water partition coefficient (Wildman–Crippen LogP) is 4.65. The number of rotatable bonds is 2. The van der Waals surface area contributed by atoms with Crippen molar-refractivity contribution >= 4 is 17.8 Å². The van der Waals surface area contributed by atoms with E-state index in [1.165, 1.54) is 0 Å². The van der Waals surface area contributed by atoms with E-state index in [1.54, 1.807) is 34.0 Å². The molecule has 3 rings (SSSR count). The van der Waals surface area contributed by atoms with Gasteiger partial charge >= 0.3 is 5.97 Å². The molecule has 1 aromatic heterocycles. The number of aromatic nitrogens is 1. The maximum atomic E-state index is 13.2. The van der Waals surface area contributed by atoms with Crippen LogP contribution in [0.3, 0.4) is 0 Å². The summed E-state index contributed by atoms with van der Waals surface area (Å²) in [5.74, 6) is -0.781. The summed E-state index contributed by atoms with van der Waals surface area (Å²) in [5, 5.41) is 21.7. The fraction of sp³-hybridized carbons (Fsp3) is 0.679. The summed E-state index contributed by atoms with van der Waals surface area (Å²) in [7, 11) is 0. The molecule has 0 bridgehead atoms. The largest absolute Gasteiger partial charge is 0.458 e. The summed E-state index contributed by atoms with van der Waals surface area (Å²) >= 11 is 0. The molecule has 7 heteroatoms. The average molecular weight is 488 g/mol. The Morgan fingerprint density at radius 3 is 2.51 bits per heavy atom. The van der Waals surface area contributed by atoms with Gasteiger partial charge in [-0.05, 0) is 49.2 Å². The monoisotopic (exact) mass is 487 g/mol. The predicted molar refractivity (Wildman–Crippen MR) is 133 cm³/mol. The van der Waals surface area contributed by atoms with Gasteiger partial charge in [-0.3, -0.25) is 9.59 Å². The molecular formula is C28H41NO6. The molecule has 2 N–H and O–H groups in total. The number of aliphatic hydroxyl groups excluding tert-OH is 2. The van der Waals surface area contributed by atoms with Gasteiger partial charge in [0.05, 0.1) is 24.0 Å². The van der Waals surface area contributed by atoms with Gasteiger partial charge in [-0.25, -0.2) is 4.98 Å². The Morgan fingerprint density at radius 1 is 1.20 bits per heavy atom. The Balaban J connectivity index is 1.89. The van der Waals surface area contributed by atoms with Crippen LogP contribution in [0.5, 0.6) is 0 Å². The van der Waals surface area contributed by atoms with E-state index >= 15 is 0 Å². The first-order chi connectivity index (χ1) is 16.2. The van der Waals surface area contributed by atoms with E-state index in [2.05, 4.69) is 18.0 Å². The van der Waals surface area contributed by atoms with Gasteiger partial charge < -0.3 is 19.4 Å². The number of aliphatic hydroxyl groups is 2. The highest BCUT2D eigenvalue weighted by Gasteiger charge is 2.50. The quantitative estimate of drug-likeness (QED) is 0.461. The number of oxazole rings is 1. The van der Waals surface area contributed by atoms with Gasteiger partial charge in [0.1, 0.15) is 23.8 Å². The van der Waals surface area contributed by atoms with Crippen LogP contribution in [0, 0.1) is 35.5 Å². The second-order valence-corrected chi connectivity index (χ2v) is 11.5. The van der Waals surface area contributed by atoms with Gasteiger partial charge in [0.25, 0.3) is 0 Å². The Bertz CT molecular complexity index is 991. The minimum Gasteiger partial charge on any atom is -0.458 e. The van der Waals surface area contributed by atoms with Crippen LogP contribution in [-0.4, -0.2) is 45.3 Å². The number of fused-ring (bicyclic) bond motifs is 1. The lowest BCUT2D eigenvalue weighted by molar-refractivity contribution is -0.154. The highest BCUT2D eigenvalue weighted by Crippen LogP contribution is 2.58. The zero-order chi connectivity index (χ0) is 26.1. The summed E-state index contributed by atoms with van der Waals surface area (Å²) in [4.78, 5) is 30.5. The topological polar surface area (TPSA) is 110 Å². The molecule has 7 nitrogen and oxygen atoms in total. The number of allylic oxidation sites excluding steroid dienone is 1. The van der Waals surface area contributed by atoms with Crippen LogP contribution in [0.1, 0.15) is 78.8 Å². The number of aryl methyl sites for hydroxylation is 1. The number of ketones is 1. The smallest absolute Gasteiger partial charge is 0.309 e. The van der Waals surface area contributed by atoms with Crippen molar-refractivity contribution in [3.63, 3.8) is 0 Å². The van der Waals surface area contributed by atoms with E-state index < -0.39 is 35.6 Å². The van der Waals surface area contributed by atoms with Crippen LogP contribution in [0.25, 0.3) is 6.08 Å². The summed E-state index contributed by atoms with van der Waals surface area (Å²) in [6.45, 7) is 12.7. The number of Topliss-reactive ketones (excluding diaryl/α,β-unsaturated/α-hetero) is 1. The Morgan fingerprint density at radius 2 is 1.89 bits per heavy atom. The third-order valence-electron chi connectivity index (χ3n) is 8.15. The first kappa shape index (κ1) is 27.3. The van der Waals surface area contributed by atoms with Crippen molar-refractivity contribution in [3.8, 4) is 0 Å². The Kier molecular flexibility index (Phi) is 8.12. The molecule has 2 unspecified atom stereocenters. The molecule has 1 saturated carbocycles. The molecule has 2 heterocycles. The van der Waals surface area contributed by atoms with Crippen LogP contribution in [0.4, 0.5) is 0 Å². The standard InChI is InChI=1S/C28H41NO6/c1-16-9-8-10-28(7)14-20(28)12-22(17(2)11-21-15-34-19(4)29-21)35-24(31)13-23(30)27(5,6)26(33)18(3)25(16)32/h8-9,11,15-16,18,20,22-23,25,30,32H,10,12-14H2,1-7H3/b9-8+,17-11+/t16-,18+,20?,22-,23-,25-,28?/m0/s1. The van der Waals surface area contributed by atoms with Crippen LogP contribution >= 0.6 is 0 Å². The molecule has 0 aromatic carbocycles. The Hall–Kier alpha value is -2.25. The molecule has 0 saturated heterocycles. The molecule has 1 aliphatic carbocycles. The third-order valence-corrected chi connectivity index (χ3v) is 8.15. The molecule has 1 fully saturated rings. The maximum absolute atomic E-state index is 13.2. The van der Waals surface area contributed by atoms with Crippen molar-refractivity contribution in [2.75, 3.05) is 0 Å². The van der Waals surface area contributed by atoms with Crippen LogP contribution < -0.4 is 0 Å². The zero-order valence-corrected chi connectivity index (χ0v) is 22.1. The Labute approximate surface area is 208 Å².